The van der Waals surface area contributed by atoms with Crippen molar-refractivity contribution in [1.82, 2.24) is 14.8 Å². The number of carbonyl (C=O) groups excluding carboxylic acids is 2. The first kappa shape index (κ1) is 38.2. The molecule has 1 unspecified atom stereocenters. The fourth-order valence-corrected chi connectivity index (χ4v) is 7.65. The number of halogens is 4. The summed E-state index contributed by atoms with van der Waals surface area (Å²) in [5.41, 5.74) is 3.30. The maximum atomic E-state index is 16.1. The van der Waals surface area contributed by atoms with Crippen molar-refractivity contribution in [2.45, 2.75) is 98.8 Å². The Hall–Kier alpha value is -3.99. The molecular formula is C40H49F4N3O4. The number of nitrogens with zero attached hydrogens (tertiary/aromatic N) is 2. The van der Waals surface area contributed by atoms with E-state index >= 15 is 4.39 Å². The molecule has 276 valence electrons. The van der Waals surface area contributed by atoms with Crippen LogP contribution in [-0.2, 0) is 26.9 Å². The Morgan fingerprint density at radius 3 is 2.20 bits per heavy atom. The molecule has 0 radical (unpaired) electrons. The second-order valence-electron chi connectivity index (χ2n) is 15.1. The molecular weight excluding hydrogens is 662 g/mol. The number of aromatic nitrogens is 1. The van der Waals surface area contributed by atoms with E-state index in [1.54, 1.807) is 26.0 Å². The van der Waals surface area contributed by atoms with E-state index in [1.807, 2.05) is 46.8 Å². The Bertz CT molecular complexity index is 1830. The molecule has 1 aromatic heterocycles. The first-order valence-corrected chi connectivity index (χ1v) is 17.8. The number of esters is 1. The highest BCUT2D eigenvalue weighted by Gasteiger charge is 2.51. The van der Waals surface area contributed by atoms with Crippen LogP contribution in [0.25, 0.3) is 11.1 Å². The lowest BCUT2D eigenvalue weighted by Crippen LogP contribution is -2.49. The molecule has 3 aromatic rings. The first-order chi connectivity index (χ1) is 23.9. The number of nitrogens with one attached hydrogen (secondary N) is 1. The van der Waals surface area contributed by atoms with Gasteiger partial charge in [-0.15, -0.1) is 0 Å². The zero-order chi connectivity index (χ0) is 37.4. The van der Waals surface area contributed by atoms with Gasteiger partial charge in [-0.05, 0) is 117 Å². The molecule has 1 saturated heterocycles. The van der Waals surface area contributed by atoms with Crippen molar-refractivity contribution in [1.29, 1.82) is 0 Å². The van der Waals surface area contributed by atoms with E-state index in [0.29, 0.717) is 29.2 Å². The Morgan fingerprint density at radius 1 is 0.980 bits per heavy atom. The van der Waals surface area contributed by atoms with Gasteiger partial charge in [0.05, 0.1) is 24.6 Å². The van der Waals surface area contributed by atoms with Crippen LogP contribution in [0.5, 0.6) is 0 Å². The maximum Gasteiger partial charge on any atom is 0.416 e. The van der Waals surface area contributed by atoms with Crippen LogP contribution in [0.3, 0.4) is 0 Å². The summed E-state index contributed by atoms with van der Waals surface area (Å²) in [5, 5.41) is 2.82. The predicted molar refractivity (Wildman–Crippen MR) is 189 cm³/mol. The van der Waals surface area contributed by atoms with E-state index in [2.05, 4.69) is 10.2 Å². The Balaban J connectivity index is 1.53. The number of amides is 1. The number of pyridine rings is 1. The average molecular weight is 712 g/mol. The molecule has 1 saturated carbocycles. The number of alkyl halides is 3. The quantitative estimate of drug-likeness (QED) is 0.144. The second kappa shape index (κ2) is 14.9. The van der Waals surface area contributed by atoms with Gasteiger partial charge in [0.25, 0.3) is 5.56 Å². The third-order valence-electron chi connectivity index (χ3n) is 10.2. The molecule has 1 spiro atoms. The number of ether oxygens (including phenoxy) is 1. The third-order valence-corrected chi connectivity index (χ3v) is 10.2. The molecule has 0 bridgehead atoms. The van der Waals surface area contributed by atoms with E-state index in [-0.39, 0.29) is 36.5 Å². The van der Waals surface area contributed by atoms with Gasteiger partial charge in [-0.25, -0.2) is 4.39 Å². The van der Waals surface area contributed by atoms with E-state index in [0.717, 1.165) is 52.8 Å². The number of carbonyl (C=O) groups is 2. The molecule has 5 rings (SSSR count). The number of benzene rings is 2. The Morgan fingerprint density at radius 2 is 1.63 bits per heavy atom. The van der Waals surface area contributed by atoms with Gasteiger partial charge in [0.2, 0.25) is 5.91 Å². The summed E-state index contributed by atoms with van der Waals surface area (Å²) >= 11 is 0. The fraction of sp³-hybridized carbons (Fsp3) is 0.525. The largest absolute Gasteiger partial charge is 0.466 e. The first-order valence-electron chi connectivity index (χ1n) is 17.8. The molecule has 11 heteroatoms. The SMILES string of the molecule is CCOC(=O)C[C@H](NC(=O)C(CC(C)C)n1cc(CCN2CC3(CC3)C2)c(C(F)(F)F)cc1=O)c1cc(-c2c(C)cc(C)cc2C)cc(C)c1F. The Labute approximate surface area is 297 Å². The minimum Gasteiger partial charge on any atom is -0.466 e. The number of rotatable bonds is 13. The van der Waals surface area contributed by atoms with Crippen molar-refractivity contribution in [3.05, 3.63) is 91.6 Å². The maximum absolute atomic E-state index is 16.1. The van der Waals surface area contributed by atoms with Crippen LogP contribution < -0.4 is 10.9 Å². The van der Waals surface area contributed by atoms with Gasteiger partial charge in [0.15, 0.2) is 0 Å². The monoisotopic (exact) mass is 711 g/mol. The number of hydrogen-bond donors (Lipinski definition) is 1. The van der Waals surface area contributed by atoms with Crippen LogP contribution in [0.4, 0.5) is 17.6 Å². The lowest BCUT2D eigenvalue weighted by Gasteiger charge is -2.40. The highest BCUT2D eigenvalue weighted by atomic mass is 19.4. The van der Waals surface area contributed by atoms with E-state index in [9.17, 15) is 27.6 Å². The highest BCUT2D eigenvalue weighted by molar-refractivity contribution is 5.82. The number of hydrogen-bond acceptors (Lipinski definition) is 5. The van der Waals surface area contributed by atoms with Gasteiger partial charge in [-0.2, -0.15) is 13.2 Å². The molecule has 7 nitrogen and oxygen atoms in total. The summed E-state index contributed by atoms with van der Waals surface area (Å²) in [6.45, 7) is 15.0. The summed E-state index contributed by atoms with van der Waals surface area (Å²) in [4.78, 5) is 42.7. The van der Waals surface area contributed by atoms with E-state index in [1.165, 1.54) is 6.20 Å². The molecule has 1 aliphatic heterocycles. The van der Waals surface area contributed by atoms with Gasteiger partial charge in [0.1, 0.15) is 11.9 Å². The summed E-state index contributed by atoms with van der Waals surface area (Å²) in [6, 6.07) is 5.55. The zero-order valence-corrected chi connectivity index (χ0v) is 30.6. The predicted octanol–water partition coefficient (Wildman–Crippen LogP) is 7.94. The Kier molecular flexibility index (Phi) is 11.2. The lowest BCUT2D eigenvalue weighted by atomic mass is 9.89. The van der Waals surface area contributed by atoms with Gasteiger partial charge in [-0.1, -0.05) is 31.5 Å². The van der Waals surface area contributed by atoms with Gasteiger partial charge in [-0.3, -0.25) is 14.4 Å². The molecule has 51 heavy (non-hydrogen) atoms. The fourth-order valence-electron chi connectivity index (χ4n) is 7.65. The van der Waals surface area contributed by atoms with Crippen molar-refractivity contribution < 1.29 is 31.9 Å². The topological polar surface area (TPSA) is 80.6 Å². The van der Waals surface area contributed by atoms with Crippen molar-refractivity contribution >= 4 is 11.9 Å². The summed E-state index contributed by atoms with van der Waals surface area (Å²) < 4.78 is 64.9. The molecule has 2 atom stereocenters. The smallest absolute Gasteiger partial charge is 0.416 e. The normalized spacial score (nSPS) is 16.5. The summed E-state index contributed by atoms with van der Waals surface area (Å²) in [5.74, 6) is -2.13. The van der Waals surface area contributed by atoms with Gasteiger partial charge < -0.3 is 19.5 Å². The molecule has 2 aliphatic rings. The molecule has 2 fully saturated rings. The second-order valence-corrected chi connectivity index (χ2v) is 15.1. The lowest BCUT2D eigenvalue weighted by molar-refractivity contribution is -0.144. The molecule has 1 N–H and O–H groups in total. The van der Waals surface area contributed by atoms with E-state index < -0.39 is 53.5 Å². The zero-order valence-electron chi connectivity index (χ0n) is 30.6. The number of likely N-dealkylation sites (tertiary alicyclic amines) is 1. The van der Waals surface area contributed by atoms with Crippen LogP contribution in [0.15, 0.2) is 41.3 Å². The molecule has 2 heterocycles. The third kappa shape index (κ3) is 8.73. The van der Waals surface area contributed by atoms with Crippen LogP contribution in [0, 0.1) is 44.8 Å². The van der Waals surface area contributed by atoms with Gasteiger partial charge in [0, 0.05) is 37.5 Å². The van der Waals surface area contributed by atoms with Crippen molar-refractivity contribution in [3.63, 3.8) is 0 Å². The average Bonchev–Trinajstić information content (AvgIpc) is 3.80. The molecule has 2 aromatic carbocycles. The number of aryl methyl sites for hydroxylation is 4. The van der Waals surface area contributed by atoms with Crippen LogP contribution >= 0.6 is 0 Å². The van der Waals surface area contributed by atoms with Gasteiger partial charge >= 0.3 is 12.1 Å². The van der Waals surface area contributed by atoms with Crippen molar-refractivity contribution in [2.75, 3.05) is 26.2 Å². The highest BCUT2D eigenvalue weighted by Crippen LogP contribution is 2.52. The standard InChI is InChI=1S/C40H49F4N3O4/c1-8-51-35(49)19-32(30-17-29(16-27(7)37(30)41)36-25(5)14-24(4)15-26(36)6)45-38(50)33(13-23(2)3)47-20-28(31(18-34(47)48)40(42,43)44)9-12-46-21-39(22-46)10-11-39/h14-18,20,23,32-33H,8-13,19,21-22H2,1-7H3,(H,45,50)/t32-,33?/m0/s1. The van der Waals surface area contributed by atoms with Crippen LogP contribution in [0.1, 0.15) is 97.5 Å². The summed E-state index contributed by atoms with van der Waals surface area (Å²) in [7, 11) is 0. The minimum absolute atomic E-state index is 0.0574. The van der Waals surface area contributed by atoms with Crippen molar-refractivity contribution in [2.24, 2.45) is 11.3 Å². The van der Waals surface area contributed by atoms with Crippen LogP contribution in [-0.4, -0.2) is 47.6 Å². The van der Waals surface area contributed by atoms with Crippen molar-refractivity contribution in [3.8, 4) is 11.1 Å². The minimum atomic E-state index is -4.75. The van der Waals surface area contributed by atoms with E-state index in [4.69, 9.17) is 4.74 Å². The van der Waals surface area contributed by atoms with Crippen LogP contribution in [0.2, 0.25) is 0 Å². The molecule has 1 amide bonds. The summed E-state index contributed by atoms with van der Waals surface area (Å²) in [6.07, 6.45) is -1.53. The molecule has 1 aliphatic carbocycles.